The molecule has 0 bridgehead atoms. The molecule has 2 heterocycles. The number of H-pyrrole nitrogens is 1. The van der Waals surface area contributed by atoms with E-state index < -0.39 is 0 Å². The van der Waals surface area contributed by atoms with Gasteiger partial charge in [0.15, 0.2) is 0 Å². The van der Waals surface area contributed by atoms with Crippen molar-refractivity contribution in [2.45, 2.75) is 38.3 Å². The van der Waals surface area contributed by atoms with Gasteiger partial charge in [0.1, 0.15) is 0 Å². The molecule has 0 spiro atoms. The zero-order valence-electron chi connectivity index (χ0n) is 16.1. The van der Waals surface area contributed by atoms with Gasteiger partial charge in [-0.25, -0.2) is 4.98 Å². The first-order valence-electron chi connectivity index (χ1n) is 9.56. The van der Waals surface area contributed by atoms with E-state index in [4.69, 9.17) is 0 Å². The van der Waals surface area contributed by atoms with E-state index in [1.165, 1.54) is 5.56 Å². The van der Waals surface area contributed by atoms with Crippen LogP contribution in [0.5, 0.6) is 0 Å². The molecule has 1 atom stereocenters. The van der Waals surface area contributed by atoms with Gasteiger partial charge in [-0.3, -0.25) is 9.69 Å². The van der Waals surface area contributed by atoms with E-state index in [1.807, 2.05) is 24.4 Å². The van der Waals surface area contributed by atoms with Crippen LogP contribution in [0.1, 0.15) is 43.0 Å². The minimum Gasteiger partial charge on any atom is -0.356 e. The number of hydrogen-bond acceptors (Lipinski definition) is 4. The van der Waals surface area contributed by atoms with Gasteiger partial charge in [0.2, 0.25) is 5.91 Å². The summed E-state index contributed by atoms with van der Waals surface area (Å²) in [6, 6.07) is 10.3. The molecule has 1 aromatic carbocycles. The highest BCUT2D eigenvalue weighted by Crippen LogP contribution is 2.17. The molecule has 156 valence electrons. The summed E-state index contributed by atoms with van der Waals surface area (Å²) in [4.78, 5) is 22.0. The van der Waals surface area contributed by atoms with E-state index in [1.54, 1.807) is 6.33 Å². The van der Waals surface area contributed by atoms with E-state index in [0.29, 0.717) is 6.42 Å². The predicted molar refractivity (Wildman–Crippen MR) is 117 cm³/mol. The molecule has 3 rings (SSSR count). The van der Waals surface area contributed by atoms with Crippen molar-refractivity contribution in [3.63, 3.8) is 0 Å². The molecule has 0 aliphatic carbocycles. The number of aromatic nitrogens is 2. The number of nitrogens with one attached hydrogen (secondary N) is 3. The molecule has 1 aliphatic rings. The Bertz CT molecular complexity index is 654. The summed E-state index contributed by atoms with van der Waals surface area (Å²) in [5.74, 6) is 0.125. The predicted octanol–water partition coefficient (Wildman–Crippen LogP) is 3.08. The Morgan fingerprint density at radius 1 is 1.04 bits per heavy atom. The van der Waals surface area contributed by atoms with E-state index in [9.17, 15) is 4.79 Å². The number of halogens is 2. The molecule has 1 fully saturated rings. The summed E-state index contributed by atoms with van der Waals surface area (Å²) in [5.41, 5.74) is 2.32. The zero-order chi connectivity index (χ0) is 18.0. The van der Waals surface area contributed by atoms with E-state index >= 15 is 0 Å². The smallest absolute Gasteiger partial charge is 0.221 e. The Morgan fingerprint density at radius 2 is 1.82 bits per heavy atom. The number of carbonyl (C=O) groups excluding carboxylic acids is 1. The van der Waals surface area contributed by atoms with Crippen LogP contribution in [0.15, 0.2) is 42.9 Å². The second kappa shape index (κ2) is 13.6. The van der Waals surface area contributed by atoms with Crippen LogP contribution in [0.3, 0.4) is 0 Å². The number of amides is 1. The summed E-state index contributed by atoms with van der Waals surface area (Å²) < 4.78 is 0. The van der Waals surface area contributed by atoms with Crippen molar-refractivity contribution in [3.8, 4) is 0 Å². The van der Waals surface area contributed by atoms with Crippen molar-refractivity contribution in [1.82, 2.24) is 25.5 Å². The molecule has 1 amide bonds. The monoisotopic (exact) mass is 427 g/mol. The molecule has 2 aromatic rings. The van der Waals surface area contributed by atoms with Gasteiger partial charge in [0.05, 0.1) is 6.33 Å². The van der Waals surface area contributed by atoms with Gasteiger partial charge in [0, 0.05) is 37.4 Å². The highest BCUT2D eigenvalue weighted by molar-refractivity contribution is 5.85. The van der Waals surface area contributed by atoms with Crippen molar-refractivity contribution in [2.75, 3.05) is 26.2 Å². The van der Waals surface area contributed by atoms with Crippen molar-refractivity contribution < 1.29 is 4.79 Å². The Labute approximate surface area is 179 Å². The zero-order valence-corrected chi connectivity index (χ0v) is 17.7. The molecule has 1 unspecified atom stereocenters. The molecule has 1 aliphatic heterocycles. The molecular weight excluding hydrogens is 397 g/mol. The lowest BCUT2D eigenvalue weighted by atomic mass is 10.0. The van der Waals surface area contributed by atoms with Crippen LogP contribution in [-0.2, 0) is 11.3 Å². The summed E-state index contributed by atoms with van der Waals surface area (Å²) in [7, 11) is 0. The van der Waals surface area contributed by atoms with Crippen molar-refractivity contribution in [1.29, 1.82) is 0 Å². The molecule has 28 heavy (non-hydrogen) atoms. The molecular formula is C20H31Cl2N5O. The van der Waals surface area contributed by atoms with Gasteiger partial charge in [0.25, 0.3) is 0 Å². The van der Waals surface area contributed by atoms with E-state index in [2.05, 4.69) is 37.6 Å². The highest BCUT2D eigenvalue weighted by Gasteiger charge is 2.16. The second-order valence-corrected chi connectivity index (χ2v) is 6.89. The van der Waals surface area contributed by atoms with Crippen molar-refractivity contribution in [3.05, 3.63) is 54.1 Å². The fourth-order valence-electron chi connectivity index (χ4n) is 3.40. The van der Waals surface area contributed by atoms with Gasteiger partial charge in [-0.2, -0.15) is 0 Å². The lowest BCUT2D eigenvalue weighted by Gasteiger charge is -2.22. The highest BCUT2D eigenvalue weighted by atomic mass is 35.5. The van der Waals surface area contributed by atoms with Crippen molar-refractivity contribution in [2.24, 2.45) is 0 Å². The molecule has 1 saturated heterocycles. The standard InChI is InChI=1S/C20H29N5O.2ClH/c26-20-13-19(17-7-2-1-3-8-17)22-10-6-12-25(11-5-4-9-23-20)15-18-14-21-16-24-18;;/h1-3,7-8,14,16,19,22H,4-6,9-13,15H2,(H,21,24)(H,23,26);2*1H. The molecule has 0 saturated carbocycles. The topological polar surface area (TPSA) is 73.0 Å². The minimum absolute atomic E-state index is 0. The average Bonchev–Trinajstić information content (AvgIpc) is 3.17. The summed E-state index contributed by atoms with van der Waals surface area (Å²) in [6.07, 6.45) is 7.27. The van der Waals surface area contributed by atoms with Gasteiger partial charge < -0.3 is 15.6 Å². The molecule has 8 heteroatoms. The maximum absolute atomic E-state index is 12.3. The molecule has 0 radical (unpaired) electrons. The first kappa shape index (κ1) is 24.4. The first-order chi connectivity index (χ1) is 12.8. The van der Waals surface area contributed by atoms with Crippen LogP contribution in [0.2, 0.25) is 0 Å². The first-order valence-corrected chi connectivity index (χ1v) is 9.56. The number of hydrogen-bond donors (Lipinski definition) is 3. The quantitative estimate of drug-likeness (QED) is 0.703. The maximum Gasteiger partial charge on any atom is 0.221 e. The maximum atomic E-state index is 12.3. The number of aromatic amines is 1. The van der Waals surface area contributed by atoms with E-state index in [0.717, 1.165) is 57.7 Å². The molecule has 1 aromatic heterocycles. The number of imidazole rings is 1. The van der Waals surface area contributed by atoms with Gasteiger partial charge in [-0.05, 0) is 44.5 Å². The van der Waals surface area contributed by atoms with Crippen LogP contribution >= 0.6 is 24.8 Å². The van der Waals surface area contributed by atoms with Crippen LogP contribution in [0.4, 0.5) is 0 Å². The van der Waals surface area contributed by atoms with Crippen LogP contribution in [-0.4, -0.2) is 47.0 Å². The number of carbonyl (C=O) groups is 1. The fourth-order valence-corrected chi connectivity index (χ4v) is 3.40. The largest absolute Gasteiger partial charge is 0.356 e. The van der Waals surface area contributed by atoms with E-state index in [-0.39, 0.29) is 36.8 Å². The SMILES string of the molecule is Cl.Cl.O=C1CC(c2ccccc2)NCCCN(Cc2cnc[nH]2)CCCCN1. The van der Waals surface area contributed by atoms with Gasteiger partial charge in [-0.15, -0.1) is 24.8 Å². The van der Waals surface area contributed by atoms with Crippen LogP contribution in [0.25, 0.3) is 0 Å². The Kier molecular flexibility index (Phi) is 11.8. The lowest BCUT2D eigenvalue weighted by molar-refractivity contribution is -0.121. The number of benzene rings is 1. The fraction of sp³-hybridized carbons (Fsp3) is 0.500. The summed E-state index contributed by atoms with van der Waals surface area (Å²) in [6.45, 7) is 4.62. The molecule has 6 nitrogen and oxygen atoms in total. The summed E-state index contributed by atoms with van der Waals surface area (Å²) >= 11 is 0. The minimum atomic E-state index is 0. The number of nitrogens with zero attached hydrogens (tertiary/aromatic N) is 2. The lowest BCUT2D eigenvalue weighted by Crippen LogP contribution is -2.32. The Balaban J connectivity index is 0.00000196. The third-order valence-electron chi connectivity index (χ3n) is 4.81. The normalized spacial score (nSPS) is 19.7. The average molecular weight is 428 g/mol. The Hall–Kier alpha value is -1.60. The Morgan fingerprint density at radius 3 is 2.57 bits per heavy atom. The third-order valence-corrected chi connectivity index (χ3v) is 4.81. The van der Waals surface area contributed by atoms with Crippen LogP contribution in [0, 0.1) is 0 Å². The second-order valence-electron chi connectivity index (χ2n) is 6.89. The summed E-state index contributed by atoms with van der Waals surface area (Å²) in [5, 5.41) is 6.64. The third kappa shape index (κ3) is 8.19. The van der Waals surface area contributed by atoms with Gasteiger partial charge in [-0.1, -0.05) is 30.3 Å². The van der Waals surface area contributed by atoms with Crippen molar-refractivity contribution >= 4 is 30.7 Å². The van der Waals surface area contributed by atoms with Gasteiger partial charge >= 0.3 is 0 Å². The molecule has 3 N–H and O–H groups in total. The number of rotatable bonds is 3. The van der Waals surface area contributed by atoms with Crippen LogP contribution < -0.4 is 10.6 Å².